The van der Waals surface area contributed by atoms with Crippen LogP contribution in [-0.2, 0) is 6.18 Å². The highest BCUT2D eigenvalue weighted by atomic mass is 19.4. The zero-order valence-corrected chi connectivity index (χ0v) is 11.7. The third kappa shape index (κ3) is 2.91. The molecule has 0 heterocycles. The van der Waals surface area contributed by atoms with Gasteiger partial charge in [-0.3, -0.25) is 0 Å². The summed E-state index contributed by atoms with van der Waals surface area (Å²) >= 11 is 0. The van der Waals surface area contributed by atoms with Gasteiger partial charge in [-0.15, -0.1) is 0 Å². The zero-order chi connectivity index (χ0) is 15.9. The van der Waals surface area contributed by atoms with Crippen LogP contribution in [0.3, 0.4) is 0 Å². The fraction of sp³-hybridized carbons (Fsp3) is 0.250. The zero-order valence-electron chi connectivity index (χ0n) is 11.7. The summed E-state index contributed by atoms with van der Waals surface area (Å²) in [6.07, 6.45) is -5.05. The van der Waals surface area contributed by atoms with E-state index in [1.165, 1.54) is 0 Å². The number of alkyl halides is 3. The predicted molar refractivity (Wildman–Crippen MR) is 71.0 cm³/mol. The number of halogens is 5. The van der Waals surface area contributed by atoms with Gasteiger partial charge in [0, 0.05) is 0 Å². The van der Waals surface area contributed by atoms with E-state index in [0.717, 1.165) is 28.8 Å². The highest BCUT2D eigenvalue weighted by Crippen LogP contribution is 2.37. The average molecular weight is 300 g/mol. The molecule has 0 saturated carbocycles. The molecule has 0 spiro atoms. The summed E-state index contributed by atoms with van der Waals surface area (Å²) < 4.78 is 65.1. The lowest BCUT2D eigenvalue weighted by Crippen LogP contribution is -2.11. The first-order valence-corrected chi connectivity index (χ1v) is 6.25. The molecule has 0 atom stereocenters. The fourth-order valence-corrected chi connectivity index (χ4v) is 2.62. The standard InChI is InChI=1S/C16H13F5/c1-8-4-9(2)14(10(3)5-8)11-6-12(17)15(13(18)7-11)16(19,20)21/h4-7H,1-3H3. The molecule has 21 heavy (non-hydrogen) atoms. The summed E-state index contributed by atoms with van der Waals surface area (Å²) in [4.78, 5) is 0. The van der Waals surface area contributed by atoms with E-state index in [0.29, 0.717) is 5.56 Å². The summed E-state index contributed by atoms with van der Waals surface area (Å²) in [5.41, 5.74) is 1.28. The van der Waals surface area contributed by atoms with Crippen molar-refractivity contribution < 1.29 is 22.0 Å². The van der Waals surface area contributed by atoms with Crippen LogP contribution < -0.4 is 0 Å². The Bertz CT molecular complexity index is 652. The Labute approximate surface area is 119 Å². The third-order valence-corrected chi connectivity index (χ3v) is 3.29. The first-order valence-electron chi connectivity index (χ1n) is 6.25. The molecule has 0 aliphatic heterocycles. The summed E-state index contributed by atoms with van der Waals surface area (Å²) in [7, 11) is 0. The number of aryl methyl sites for hydroxylation is 3. The van der Waals surface area contributed by atoms with E-state index in [2.05, 4.69) is 0 Å². The van der Waals surface area contributed by atoms with E-state index in [1.807, 2.05) is 19.1 Å². The Morgan fingerprint density at radius 3 is 1.57 bits per heavy atom. The molecule has 0 aromatic heterocycles. The molecule has 0 saturated heterocycles. The monoisotopic (exact) mass is 300 g/mol. The number of hydrogen-bond acceptors (Lipinski definition) is 0. The molecule has 0 nitrogen and oxygen atoms in total. The second-order valence-electron chi connectivity index (χ2n) is 5.09. The maximum atomic E-state index is 13.7. The fourth-order valence-electron chi connectivity index (χ4n) is 2.62. The second kappa shape index (κ2) is 5.13. The number of hydrogen-bond donors (Lipinski definition) is 0. The lowest BCUT2D eigenvalue weighted by Gasteiger charge is -2.15. The topological polar surface area (TPSA) is 0 Å². The van der Waals surface area contributed by atoms with Crippen LogP contribution in [0.5, 0.6) is 0 Å². The van der Waals surface area contributed by atoms with Gasteiger partial charge in [-0.25, -0.2) is 8.78 Å². The van der Waals surface area contributed by atoms with Gasteiger partial charge in [0.25, 0.3) is 0 Å². The van der Waals surface area contributed by atoms with Crippen LogP contribution in [-0.4, -0.2) is 0 Å². The smallest absolute Gasteiger partial charge is 0.206 e. The van der Waals surface area contributed by atoms with Crippen molar-refractivity contribution in [2.24, 2.45) is 0 Å². The molecular weight excluding hydrogens is 287 g/mol. The number of rotatable bonds is 1. The largest absolute Gasteiger partial charge is 0.422 e. The molecule has 0 amide bonds. The van der Waals surface area contributed by atoms with Gasteiger partial charge < -0.3 is 0 Å². The van der Waals surface area contributed by atoms with Crippen molar-refractivity contribution in [3.05, 3.63) is 58.2 Å². The van der Waals surface area contributed by atoms with Gasteiger partial charge in [0.15, 0.2) is 0 Å². The molecular formula is C16H13F5. The minimum Gasteiger partial charge on any atom is -0.206 e. The number of benzene rings is 2. The molecule has 2 aromatic carbocycles. The lowest BCUT2D eigenvalue weighted by molar-refractivity contribution is -0.142. The molecule has 0 bridgehead atoms. The highest BCUT2D eigenvalue weighted by molar-refractivity contribution is 5.71. The Hall–Kier alpha value is -1.91. The molecule has 112 valence electrons. The van der Waals surface area contributed by atoms with Gasteiger partial charge in [-0.05, 0) is 55.2 Å². The maximum absolute atomic E-state index is 13.7. The van der Waals surface area contributed by atoms with Crippen LogP contribution in [0.4, 0.5) is 22.0 Å². The van der Waals surface area contributed by atoms with Crippen molar-refractivity contribution in [3.63, 3.8) is 0 Å². The molecule has 0 aliphatic carbocycles. The Balaban J connectivity index is 2.69. The summed E-state index contributed by atoms with van der Waals surface area (Å²) in [5, 5.41) is 0. The van der Waals surface area contributed by atoms with Crippen LogP contribution in [0.15, 0.2) is 24.3 Å². The SMILES string of the molecule is Cc1cc(C)c(-c2cc(F)c(C(F)(F)F)c(F)c2)c(C)c1. The van der Waals surface area contributed by atoms with Crippen LogP contribution in [0.2, 0.25) is 0 Å². The van der Waals surface area contributed by atoms with E-state index in [-0.39, 0.29) is 5.56 Å². The van der Waals surface area contributed by atoms with Crippen LogP contribution in [0.25, 0.3) is 11.1 Å². The molecule has 0 aliphatic rings. The first kappa shape index (κ1) is 15.5. The van der Waals surface area contributed by atoms with Crippen molar-refractivity contribution in [2.45, 2.75) is 26.9 Å². The minimum absolute atomic E-state index is 0.105. The second-order valence-corrected chi connectivity index (χ2v) is 5.09. The molecule has 0 unspecified atom stereocenters. The third-order valence-electron chi connectivity index (χ3n) is 3.29. The van der Waals surface area contributed by atoms with Crippen molar-refractivity contribution in [2.75, 3.05) is 0 Å². The van der Waals surface area contributed by atoms with Crippen molar-refractivity contribution in [3.8, 4) is 11.1 Å². The quantitative estimate of drug-likeness (QED) is 0.603. The molecule has 0 N–H and O–H groups in total. The van der Waals surface area contributed by atoms with E-state index in [9.17, 15) is 22.0 Å². The maximum Gasteiger partial charge on any atom is 0.422 e. The highest BCUT2D eigenvalue weighted by Gasteiger charge is 2.38. The lowest BCUT2D eigenvalue weighted by atomic mass is 9.93. The molecule has 0 radical (unpaired) electrons. The summed E-state index contributed by atoms with van der Waals surface area (Å²) in [6.45, 7) is 5.38. The van der Waals surface area contributed by atoms with Crippen molar-refractivity contribution in [1.29, 1.82) is 0 Å². The Morgan fingerprint density at radius 2 is 1.19 bits per heavy atom. The predicted octanol–water partition coefficient (Wildman–Crippen LogP) is 5.58. The Morgan fingerprint density at radius 1 is 0.762 bits per heavy atom. The van der Waals surface area contributed by atoms with E-state index in [1.54, 1.807) is 13.8 Å². The van der Waals surface area contributed by atoms with E-state index in [4.69, 9.17) is 0 Å². The van der Waals surface area contributed by atoms with Gasteiger partial charge in [0.1, 0.15) is 17.2 Å². The van der Waals surface area contributed by atoms with Crippen LogP contribution in [0, 0.1) is 32.4 Å². The molecule has 5 heteroatoms. The summed E-state index contributed by atoms with van der Waals surface area (Å²) in [5.74, 6) is -3.20. The normalized spacial score (nSPS) is 11.8. The van der Waals surface area contributed by atoms with Gasteiger partial charge in [0.2, 0.25) is 0 Å². The summed E-state index contributed by atoms with van der Waals surface area (Å²) in [6, 6.07) is 5.10. The van der Waals surface area contributed by atoms with Gasteiger partial charge in [-0.2, -0.15) is 13.2 Å². The molecule has 0 fully saturated rings. The Kier molecular flexibility index (Phi) is 3.78. The first-order chi connectivity index (χ1) is 9.61. The average Bonchev–Trinajstić information content (AvgIpc) is 2.23. The molecule has 2 rings (SSSR count). The van der Waals surface area contributed by atoms with Crippen LogP contribution in [0.1, 0.15) is 22.3 Å². The van der Waals surface area contributed by atoms with Crippen molar-refractivity contribution in [1.82, 2.24) is 0 Å². The van der Waals surface area contributed by atoms with Gasteiger partial charge in [0.05, 0.1) is 0 Å². The van der Waals surface area contributed by atoms with Crippen LogP contribution >= 0.6 is 0 Å². The molecule has 2 aromatic rings. The van der Waals surface area contributed by atoms with Gasteiger partial charge >= 0.3 is 6.18 Å². The minimum atomic E-state index is -5.05. The van der Waals surface area contributed by atoms with E-state index >= 15 is 0 Å². The van der Waals surface area contributed by atoms with Crippen molar-refractivity contribution >= 4 is 0 Å². The van der Waals surface area contributed by atoms with E-state index < -0.39 is 23.4 Å². The van der Waals surface area contributed by atoms with Gasteiger partial charge in [-0.1, -0.05) is 17.7 Å².